The van der Waals surface area contributed by atoms with Crippen molar-refractivity contribution in [3.8, 4) is 0 Å². The number of carbonyl (C=O) groups excluding carboxylic acids is 2. The molecule has 0 radical (unpaired) electrons. The van der Waals surface area contributed by atoms with Crippen LogP contribution in [-0.2, 0) is 28.7 Å². The molecular formula is C28H52O8. The number of hydrogen-bond acceptors (Lipinski definition) is 6. The minimum atomic E-state index is -0.847. The lowest BCUT2D eigenvalue weighted by Gasteiger charge is -2.29. The van der Waals surface area contributed by atoms with Gasteiger partial charge in [0, 0.05) is 19.3 Å². The Morgan fingerprint density at radius 2 is 0.944 bits per heavy atom. The molecule has 0 heterocycles. The first-order chi connectivity index (χ1) is 17.2. The monoisotopic (exact) mass is 516 g/mol. The quantitative estimate of drug-likeness (QED) is 0.117. The maximum atomic E-state index is 11.6. The van der Waals surface area contributed by atoms with E-state index < -0.39 is 17.4 Å². The molecule has 0 bridgehead atoms. The molecule has 2 N–H and O–H groups in total. The molecule has 0 aliphatic heterocycles. The maximum Gasteiger partial charge on any atom is 0.309 e. The van der Waals surface area contributed by atoms with E-state index in [-0.39, 0.29) is 18.4 Å². The standard InChI is InChI=1S/2C14H26O4/c1-3-5-11-17-13(15)9-7-8-10-14(16)18-12-6-4-2;1-3-5-9-14(13(17)18,10-6-4-2)11-7-8-12(15)16/h3-12H2,1-2H3;3-11H2,1-2H3,(H,15,16)(H,17,18). The van der Waals surface area contributed by atoms with Crippen LogP contribution in [0.15, 0.2) is 0 Å². The van der Waals surface area contributed by atoms with Crippen LogP contribution in [0.25, 0.3) is 0 Å². The predicted octanol–water partition coefficient (Wildman–Crippen LogP) is 6.93. The Morgan fingerprint density at radius 1 is 0.556 bits per heavy atom. The molecule has 0 unspecified atom stereocenters. The van der Waals surface area contributed by atoms with Gasteiger partial charge in [-0.3, -0.25) is 19.2 Å². The van der Waals surface area contributed by atoms with E-state index in [1.165, 1.54) is 0 Å². The Labute approximate surface area is 218 Å². The van der Waals surface area contributed by atoms with Gasteiger partial charge in [0.1, 0.15) is 0 Å². The van der Waals surface area contributed by atoms with Crippen molar-refractivity contribution in [1.29, 1.82) is 0 Å². The van der Waals surface area contributed by atoms with Gasteiger partial charge < -0.3 is 19.7 Å². The van der Waals surface area contributed by atoms with Gasteiger partial charge in [-0.1, -0.05) is 66.2 Å². The molecule has 0 fully saturated rings. The number of carboxylic acid groups (broad SMARTS) is 2. The molecule has 0 aliphatic rings. The third-order valence-electron chi connectivity index (χ3n) is 6.05. The summed E-state index contributed by atoms with van der Waals surface area (Å²) in [4.78, 5) is 44.6. The molecule has 0 aromatic rings. The number of ether oxygens (including phenoxy) is 2. The van der Waals surface area contributed by atoms with Gasteiger partial charge in [-0.2, -0.15) is 0 Å². The molecule has 0 rings (SSSR count). The summed E-state index contributed by atoms with van der Waals surface area (Å²) in [6.45, 7) is 9.21. The molecule has 0 amide bonds. The van der Waals surface area contributed by atoms with Gasteiger partial charge >= 0.3 is 23.9 Å². The summed E-state index contributed by atoms with van der Waals surface area (Å²) in [6.07, 6.45) is 12.1. The zero-order valence-electron chi connectivity index (χ0n) is 23.3. The first-order valence-electron chi connectivity index (χ1n) is 13.9. The molecule has 8 heteroatoms. The van der Waals surface area contributed by atoms with Crippen LogP contribution < -0.4 is 0 Å². The minimum Gasteiger partial charge on any atom is -0.481 e. The number of hydrogen-bond donors (Lipinski definition) is 2. The summed E-state index contributed by atoms with van der Waals surface area (Å²) in [5, 5.41) is 18.1. The SMILES string of the molecule is CCCCC(CCCC)(CCCC(=O)O)C(=O)O.CCCCOC(=O)CCCCC(=O)OCCCC. The van der Waals surface area contributed by atoms with E-state index in [0.717, 1.165) is 51.4 Å². The zero-order valence-corrected chi connectivity index (χ0v) is 23.3. The Hall–Kier alpha value is -2.12. The van der Waals surface area contributed by atoms with Crippen molar-refractivity contribution < 1.29 is 38.9 Å². The molecule has 0 saturated heterocycles. The van der Waals surface area contributed by atoms with Gasteiger partial charge in [-0.25, -0.2) is 0 Å². The van der Waals surface area contributed by atoms with E-state index in [2.05, 4.69) is 13.8 Å². The van der Waals surface area contributed by atoms with Crippen LogP contribution in [0.1, 0.15) is 137 Å². The molecule has 36 heavy (non-hydrogen) atoms. The number of carboxylic acids is 2. The van der Waals surface area contributed by atoms with Crippen LogP contribution >= 0.6 is 0 Å². The molecule has 212 valence electrons. The number of esters is 2. The van der Waals surface area contributed by atoms with Crippen LogP contribution in [0, 0.1) is 5.41 Å². The Kier molecular flexibility index (Phi) is 24.6. The second-order valence-electron chi connectivity index (χ2n) is 9.40. The third kappa shape index (κ3) is 21.2. The Balaban J connectivity index is 0. The number of unbranched alkanes of at least 4 members (excludes halogenated alkanes) is 5. The van der Waals surface area contributed by atoms with Crippen molar-refractivity contribution in [1.82, 2.24) is 0 Å². The molecule has 0 spiro atoms. The molecule has 8 nitrogen and oxygen atoms in total. The van der Waals surface area contributed by atoms with Crippen molar-refractivity contribution in [2.24, 2.45) is 5.41 Å². The summed E-state index contributed by atoms with van der Waals surface area (Å²) >= 11 is 0. The minimum absolute atomic E-state index is 0.0628. The van der Waals surface area contributed by atoms with Crippen molar-refractivity contribution in [3.05, 3.63) is 0 Å². The van der Waals surface area contributed by atoms with Crippen molar-refractivity contribution >= 4 is 23.9 Å². The van der Waals surface area contributed by atoms with Crippen LogP contribution in [0.5, 0.6) is 0 Å². The fourth-order valence-electron chi connectivity index (χ4n) is 3.65. The normalized spacial score (nSPS) is 10.8. The number of rotatable bonds is 22. The van der Waals surface area contributed by atoms with Crippen LogP contribution in [0.4, 0.5) is 0 Å². The summed E-state index contributed by atoms with van der Waals surface area (Å²) in [6, 6.07) is 0. The highest BCUT2D eigenvalue weighted by Crippen LogP contribution is 2.37. The summed E-state index contributed by atoms with van der Waals surface area (Å²) in [5.41, 5.74) is -0.707. The molecule has 0 saturated carbocycles. The first kappa shape index (κ1) is 36.0. The highest BCUT2D eigenvalue weighted by atomic mass is 16.5. The maximum absolute atomic E-state index is 11.6. The van der Waals surface area contributed by atoms with Gasteiger partial charge in [0.05, 0.1) is 18.6 Å². The average molecular weight is 517 g/mol. The zero-order chi connectivity index (χ0) is 27.7. The van der Waals surface area contributed by atoms with Crippen molar-refractivity contribution in [3.63, 3.8) is 0 Å². The predicted molar refractivity (Wildman–Crippen MR) is 141 cm³/mol. The molecule has 0 atom stereocenters. The highest BCUT2D eigenvalue weighted by molar-refractivity contribution is 5.74. The lowest BCUT2D eigenvalue weighted by atomic mass is 9.74. The van der Waals surface area contributed by atoms with E-state index in [1.807, 2.05) is 13.8 Å². The largest absolute Gasteiger partial charge is 0.481 e. The summed E-state index contributed by atoms with van der Waals surface area (Å²) < 4.78 is 10.0. The van der Waals surface area contributed by atoms with E-state index in [1.54, 1.807) is 0 Å². The summed E-state index contributed by atoms with van der Waals surface area (Å²) in [5.74, 6) is -1.93. The number of aliphatic carboxylic acids is 2. The average Bonchev–Trinajstić information content (AvgIpc) is 2.83. The Bertz CT molecular complexity index is 556. The second kappa shape index (κ2) is 24.6. The van der Waals surface area contributed by atoms with Gasteiger partial charge in [0.25, 0.3) is 0 Å². The molecule has 0 aliphatic carbocycles. The van der Waals surface area contributed by atoms with E-state index >= 15 is 0 Å². The highest BCUT2D eigenvalue weighted by Gasteiger charge is 2.36. The lowest BCUT2D eigenvalue weighted by Crippen LogP contribution is -2.31. The van der Waals surface area contributed by atoms with E-state index in [9.17, 15) is 24.3 Å². The fraction of sp³-hybridized carbons (Fsp3) is 0.857. The molecule has 0 aromatic carbocycles. The van der Waals surface area contributed by atoms with Gasteiger partial charge in [0.2, 0.25) is 0 Å². The van der Waals surface area contributed by atoms with Crippen LogP contribution in [0.2, 0.25) is 0 Å². The van der Waals surface area contributed by atoms with Gasteiger partial charge in [-0.05, 0) is 51.4 Å². The van der Waals surface area contributed by atoms with Crippen LogP contribution in [-0.4, -0.2) is 47.3 Å². The molecule has 0 aromatic heterocycles. The van der Waals surface area contributed by atoms with E-state index in [0.29, 0.717) is 64.6 Å². The summed E-state index contributed by atoms with van der Waals surface area (Å²) in [7, 11) is 0. The Morgan fingerprint density at radius 3 is 1.28 bits per heavy atom. The second-order valence-corrected chi connectivity index (χ2v) is 9.40. The smallest absolute Gasteiger partial charge is 0.309 e. The lowest BCUT2D eigenvalue weighted by molar-refractivity contribution is -0.151. The molecular weight excluding hydrogens is 464 g/mol. The van der Waals surface area contributed by atoms with Crippen molar-refractivity contribution in [2.45, 2.75) is 137 Å². The fourth-order valence-corrected chi connectivity index (χ4v) is 3.65. The third-order valence-corrected chi connectivity index (χ3v) is 6.05. The topological polar surface area (TPSA) is 127 Å². The van der Waals surface area contributed by atoms with Gasteiger partial charge in [-0.15, -0.1) is 0 Å². The van der Waals surface area contributed by atoms with Crippen LogP contribution in [0.3, 0.4) is 0 Å². The first-order valence-corrected chi connectivity index (χ1v) is 13.9. The van der Waals surface area contributed by atoms with E-state index in [4.69, 9.17) is 14.6 Å². The van der Waals surface area contributed by atoms with Gasteiger partial charge in [0.15, 0.2) is 0 Å². The number of carbonyl (C=O) groups is 4. The van der Waals surface area contributed by atoms with Crippen molar-refractivity contribution in [2.75, 3.05) is 13.2 Å².